The van der Waals surface area contributed by atoms with Gasteiger partial charge in [0.15, 0.2) is 51.7 Å². The first-order chi connectivity index (χ1) is 33.4. The van der Waals surface area contributed by atoms with E-state index in [1.54, 1.807) is 35.7 Å². The Labute approximate surface area is 409 Å². The number of hydrogen-bond acceptors (Lipinski definition) is 15. The summed E-state index contributed by atoms with van der Waals surface area (Å²) in [6.07, 6.45) is 0. The first kappa shape index (κ1) is 47.3. The third-order valence-corrected chi connectivity index (χ3v) is 14.5. The third-order valence-electron chi connectivity index (χ3n) is 14.5. The summed E-state index contributed by atoms with van der Waals surface area (Å²) in [5.41, 5.74) is -1.18. The van der Waals surface area contributed by atoms with Crippen LogP contribution >= 0.6 is 0 Å². The predicted octanol–water partition coefficient (Wildman–Crippen LogP) is -2.82. The van der Waals surface area contributed by atoms with E-state index in [4.69, 9.17) is 0 Å². The number of phenols is 15. The van der Waals surface area contributed by atoms with Crippen molar-refractivity contribution in [3.63, 3.8) is 0 Å². The number of fused-ring (bicyclic) bond motifs is 3. The highest BCUT2D eigenvalue weighted by Crippen LogP contribution is 2.61. The molecule has 0 heterocycles. The van der Waals surface area contributed by atoms with Gasteiger partial charge in [0.25, 0.3) is 0 Å². The van der Waals surface area contributed by atoms with Crippen molar-refractivity contribution in [1.82, 2.24) is 0 Å². The molecule has 15 N–H and O–H groups in total. The normalized spacial score (nSPS) is 11.6. The van der Waals surface area contributed by atoms with Crippen LogP contribution in [0.1, 0.15) is 5.56 Å². The minimum atomic E-state index is -1.25. The van der Waals surface area contributed by atoms with Crippen molar-refractivity contribution in [2.45, 2.75) is 6.92 Å². The highest BCUT2D eigenvalue weighted by Gasteiger charge is 2.37. The molecule has 0 aliphatic carbocycles. The lowest BCUT2D eigenvalue weighted by molar-refractivity contribution is 0.370. The molecule has 0 aliphatic heterocycles. The predicted molar refractivity (Wildman–Crippen MR) is 293 cm³/mol. The summed E-state index contributed by atoms with van der Waals surface area (Å²) in [6, 6.07) is 16.5. The second-order valence-corrected chi connectivity index (χ2v) is 18.1. The third kappa shape index (κ3) is 6.26. The summed E-state index contributed by atoms with van der Waals surface area (Å²) in [4.78, 5) is 0. The minimum Gasteiger partial charge on any atom is -0.508 e. The molecule has 9 aromatic rings. The van der Waals surface area contributed by atoms with Gasteiger partial charge >= 0.3 is 0 Å². The molecule has 0 bridgehead atoms. The van der Waals surface area contributed by atoms with Crippen molar-refractivity contribution < 1.29 is 76.6 Å². The zero-order chi connectivity index (χ0) is 51.9. The van der Waals surface area contributed by atoms with Crippen LogP contribution in [0.2, 0.25) is 0 Å². The van der Waals surface area contributed by atoms with Crippen LogP contribution in [0.25, 0.3) is 88.0 Å². The molecular weight excluding hydrogens is 904 g/mol. The van der Waals surface area contributed by atoms with Crippen LogP contribution < -0.4 is 38.2 Å². The van der Waals surface area contributed by atoms with Gasteiger partial charge in [-0.25, -0.2) is 0 Å². The summed E-state index contributed by atoms with van der Waals surface area (Å²) >= 11 is 0. The Morgan fingerprint density at radius 3 is 1.34 bits per heavy atom. The van der Waals surface area contributed by atoms with E-state index in [1.165, 1.54) is 30.5 Å². The molecule has 0 radical (unpaired) electrons. The number of phenolic OH excluding ortho intramolecular Hbond substituents is 15. The van der Waals surface area contributed by atoms with Crippen LogP contribution in [0.4, 0.5) is 0 Å². The number of rotatable bonds is 5. The van der Waals surface area contributed by atoms with Crippen LogP contribution in [0.3, 0.4) is 0 Å². The molecule has 0 fully saturated rings. The Balaban J connectivity index is 1.48. The number of aromatic hydroxyl groups is 15. The number of benzene rings is 9. The summed E-state index contributed by atoms with van der Waals surface area (Å²) in [5, 5.41) is 176. The van der Waals surface area contributed by atoms with E-state index in [0.717, 1.165) is 19.0 Å². The Morgan fingerprint density at radius 2 is 0.690 bits per heavy atom. The zero-order valence-corrected chi connectivity index (χ0v) is 39.4. The molecular formula is C49H41B7O15. The van der Waals surface area contributed by atoms with Gasteiger partial charge in [-0.2, -0.15) is 0 Å². The van der Waals surface area contributed by atoms with Gasteiger partial charge in [-0.1, -0.05) is 64.9 Å². The smallest absolute Gasteiger partial charge is 0.200 e. The van der Waals surface area contributed by atoms with Crippen molar-refractivity contribution in [3.8, 4) is 142 Å². The molecule has 0 aliphatic rings. The Hall–Kier alpha value is -8.79. The van der Waals surface area contributed by atoms with E-state index in [2.05, 4.69) is 0 Å². The van der Waals surface area contributed by atoms with E-state index >= 15 is 0 Å². The monoisotopic (exact) mass is 946 g/mol. The first-order valence-electron chi connectivity index (χ1n) is 22.1. The van der Waals surface area contributed by atoms with Crippen molar-refractivity contribution >= 4 is 125 Å². The molecule has 0 spiro atoms. The topological polar surface area (TPSA) is 303 Å². The van der Waals surface area contributed by atoms with Crippen molar-refractivity contribution in [2.24, 2.45) is 0 Å². The number of hydrogen-bond donors (Lipinski definition) is 15. The lowest BCUT2D eigenvalue weighted by Gasteiger charge is -2.27. The zero-order valence-electron chi connectivity index (χ0n) is 39.4. The van der Waals surface area contributed by atoms with Gasteiger partial charge in [0.1, 0.15) is 89.4 Å². The summed E-state index contributed by atoms with van der Waals surface area (Å²) in [5.74, 6) is -13.8. The van der Waals surface area contributed by atoms with Crippen LogP contribution in [-0.2, 0) is 0 Å². The molecule has 0 saturated heterocycles. The van der Waals surface area contributed by atoms with Crippen LogP contribution in [0.15, 0.2) is 54.6 Å². The van der Waals surface area contributed by atoms with Crippen LogP contribution in [0.5, 0.6) is 86.2 Å². The summed E-state index contributed by atoms with van der Waals surface area (Å²) < 4.78 is 0. The molecule has 71 heavy (non-hydrogen) atoms. The van der Waals surface area contributed by atoms with E-state index in [0.29, 0.717) is 22.0 Å². The molecule has 348 valence electrons. The molecule has 0 unspecified atom stereocenters. The van der Waals surface area contributed by atoms with Gasteiger partial charge in [-0.05, 0) is 68.0 Å². The second-order valence-electron chi connectivity index (χ2n) is 18.1. The average molecular weight is 946 g/mol. The maximum absolute atomic E-state index is 12.7. The Bertz CT molecular complexity index is 3810. The SMILES string of the molecule is Bc1c(O)c(-c2c3c(O)c(B)c(B)c(B)c3c(-c3cccc(-c4ccccc4)c3)c3c(O)c(O)c(B)c(O)c23)c(O)c(O)c1-c1c(O)c(O)c(O)c(B)c1-c1c(O)c(O)c2c(O)c(C)c(B)c(O)c2c1O. The van der Waals surface area contributed by atoms with Gasteiger partial charge in [-0.3, -0.25) is 0 Å². The fourth-order valence-corrected chi connectivity index (χ4v) is 10.2. The average Bonchev–Trinajstić information content (AvgIpc) is 3.36. The van der Waals surface area contributed by atoms with E-state index in [1.807, 2.05) is 42.5 Å². The second kappa shape index (κ2) is 16.2. The summed E-state index contributed by atoms with van der Waals surface area (Å²) in [6.45, 7) is 1.41. The lowest BCUT2D eigenvalue weighted by atomic mass is 9.66. The molecule has 0 aromatic heterocycles. The van der Waals surface area contributed by atoms with Crippen molar-refractivity contribution in [3.05, 3.63) is 60.2 Å². The molecule has 22 heteroatoms. The molecule has 9 aromatic carbocycles. The lowest BCUT2D eigenvalue weighted by Crippen LogP contribution is -2.39. The molecule has 9 rings (SSSR count). The highest BCUT2D eigenvalue weighted by molar-refractivity contribution is 6.63. The van der Waals surface area contributed by atoms with Crippen molar-refractivity contribution in [1.29, 1.82) is 0 Å². The van der Waals surface area contributed by atoms with Crippen LogP contribution in [0, 0.1) is 6.92 Å². The van der Waals surface area contributed by atoms with Crippen LogP contribution in [-0.4, -0.2) is 132 Å². The standard InChI is InChI=1S/C49H41B7O15/c1-11-28(50)39(61)27-26(35(11)57)46(68)45(67)25(36(27)58)18-22(42(64)49(71)47(69)30(18)52)23-31(53)40(62)24(44(66)43(23)65)16-20-17(29(51)32(54)33(55)37(20)59)15(19-21(16)38(60)34(56)48(70)41(19)63)14-9-5-8-13(10-14)12-6-3-2-4-7-12/h2-10,57-71H,50-56H2,1H3. The highest BCUT2D eigenvalue weighted by atomic mass is 16.3. The molecule has 0 saturated carbocycles. The molecule has 15 nitrogen and oxygen atoms in total. The van der Waals surface area contributed by atoms with Crippen molar-refractivity contribution in [2.75, 3.05) is 0 Å². The van der Waals surface area contributed by atoms with Gasteiger partial charge < -0.3 is 76.6 Å². The molecule has 0 atom stereocenters. The quantitative estimate of drug-likeness (QED) is 0.0359. The molecule has 0 amide bonds. The minimum absolute atomic E-state index is 0.0544. The van der Waals surface area contributed by atoms with Gasteiger partial charge in [-0.15, -0.1) is 0 Å². The van der Waals surface area contributed by atoms with E-state index < -0.39 is 136 Å². The van der Waals surface area contributed by atoms with E-state index in [-0.39, 0.29) is 49.2 Å². The maximum Gasteiger partial charge on any atom is 0.200 e. The first-order valence-corrected chi connectivity index (χ1v) is 22.1. The van der Waals surface area contributed by atoms with Gasteiger partial charge in [0, 0.05) is 38.4 Å². The fraction of sp³-hybridized carbons (Fsp3) is 0.0204. The van der Waals surface area contributed by atoms with Gasteiger partial charge in [0.05, 0.1) is 21.9 Å². The Kier molecular flexibility index (Phi) is 10.8. The van der Waals surface area contributed by atoms with Gasteiger partial charge in [0.2, 0.25) is 0 Å². The maximum atomic E-state index is 12.7. The summed E-state index contributed by atoms with van der Waals surface area (Å²) in [7, 11) is 10.2. The Morgan fingerprint density at radius 1 is 0.239 bits per heavy atom. The van der Waals surface area contributed by atoms with E-state index in [9.17, 15) is 76.6 Å². The fourth-order valence-electron chi connectivity index (χ4n) is 10.2. The largest absolute Gasteiger partial charge is 0.508 e.